The van der Waals surface area contributed by atoms with E-state index >= 15 is 0 Å². The zero-order chi connectivity index (χ0) is 11.1. The molecule has 0 amide bonds. The Morgan fingerprint density at radius 1 is 1.25 bits per heavy atom. The summed E-state index contributed by atoms with van der Waals surface area (Å²) >= 11 is 0. The molecule has 1 heterocycles. The van der Waals surface area contributed by atoms with E-state index in [1.54, 1.807) is 0 Å². The van der Waals surface area contributed by atoms with E-state index in [-0.39, 0.29) is 11.7 Å². The van der Waals surface area contributed by atoms with Gasteiger partial charge in [0.15, 0.2) is 5.78 Å². The number of allylic oxidation sites excluding steroid dienone is 1. The van der Waals surface area contributed by atoms with Crippen LogP contribution in [0.3, 0.4) is 0 Å². The van der Waals surface area contributed by atoms with Gasteiger partial charge in [-0.25, -0.2) is 0 Å². The Kier molecular flexibility index (Phi) is 2.18. The van der Waals surface area contributed by atoms with Crippen LogP contribution >= 0.6 is 0 Å². The average Bonchev–Trinajstić information content (AvgIpc) is 2.86. The first-order chi connectivity index (χ1) is 7.79. The standard InChI is InChI=1S/C14H14O2/c1-9-11-7-16-8-12(11)13(14(9)15)10-5-3-2-4-6-10/h2-6,9,11H,7-8H2,1H3. The molecule has 1 saturated heterocycles. The van der Waals surface area contributed by atoms with Crippen LogP contribution in [-0.2, 0) is 9.53 Å². The topological polar surface area (TPSA) is 26.3 Å². The maximum Gasteiger partial charge on any atom is 0.167 e. The van der Waals surface area contributed by atoms with Gasteiger partial charge >= 0.3 is 0 Å². The van der Waals surface area contributed by atoms with Crippen LogP contribution in [0.1, 0.15) is 12.5 Å². The lowest BCUT2D eigenvalue weighted by Gasteiger charge is -2.08. The lowest BCUT2D eigenvalue weighted by molar-refractivity contribution is -0.117. The van der Waals surface area contributed by atoms with E-state index in [4.69, 9.17) is 4.74 Å². The van der Waals surface area contributed by atoms with Crippen molar-refractivity contribution in [3.05, 3.63) is 41.5 Å². The minimum Gasteiger partial charge on any atom is -0.376 e. The molecule has 0 saturated carbocycles. The third-order valence-corrected chi connectivity index (χ3v) is 3.65. The van der Waals surface area contributed by atoms with Crippen LogP contribution in [0, 0.1) is 11.8 Å². The van der Waals surface area contributed by atoms with Crippen molar-refractivity contribution in [2.45, 2.75) is 6.92 Å². The van der Waals surface area contributed by atoms with Crippen molar-refractivity contribution in [1.82, 2.24) is 0 Å². The Morgan fingerprint density at radius 2 is 2.00 bits per heavy atom. The molecule has 0 bridgehead atoms. The van der Waals surface area contributed by atoms with Crippen molar-refractivity contribution in [2.75, 3.05) is 13.2 Å². The Morgan fingerprint density at radius 3 is 2.75 bits per heavy atom. The van der Waals surface area contributed by atoms with Crippen LogP contribution in [0.5, 0.6) is 0 Å². The molecule has 0 N–H and O–H groups in total. The van der Waals surface area contributed by atoms with Crippen molar-refractivity contribution in [1.29, 1.82) is 0 Å². The van der Waals surface area contributed by atoms with Gasteiger partial charge in [0, 0.05) is 17.4 Å². The van der Waals surface area contributed by atoms with Gasteiger partial charge in [-0.2, -0.15) is 0 Å². The van der Waals surface area contributed by atoms with Crippen LogP contribution in [-0.4, -0.2) is 19.0 Å². The van der Waals surface area contributed by atoms with Crippen molar-refractivity contribution < 1.29 is 9.53 Å². The molecule has 2 unspecified atom stereocenters. The van der Waals surface area contributed by atoms with Crippen molar-refractivity contribution in [2.24, 2.45) is 11.8 Å². The quantitative estimate of drug-likeness (QED) is 0.717. The van der Waals surface area contributed by atoms with Gasteiger partial charge in [-0.3, -0.25) is 4.79 Å². The van der Waals surface area contributed by atoms with E-state index < -0.39 is 0 Å². The van der Waals surface area contributed by atoms with E-state index in [0.29, 0.717) is 19.1 Å². The smallest absolute Gasteiger partial charge is 0.167 e. The lowest BCUT2D eigenvalue weighted by atomic mass is 9.95. The number of carbonyl (C=O) groups is 1. The third-order valence-electron chi connectivity index (χ3n) is 3.65. The summed E-state index contributed by atoms with van der Waals surface area (Å²) in [4.78, 5) is 12.2. The van der Waals surface area contributed by atoms with Gasteiger partial charge in [0.05, 0.1) is 13.2 Å². The SMILES string of the molecule is CC1C(=O)C(c2ccccc2)=C2COCC21. The molecule has 0 spiro atoms. The van der Waals surface area contributed by atoms with Gasteiger partial charge in [0.1, 0.15) is 0 Å². The highest BCUT2D eigenvalue weighted by Crippen LogP contribution is 2.42. The summed E-state index contributed by atoms with van der Waals surface area (Å²) in [6.07, 6.45) is 0. The van der Waals surface area contributed by atoms with Crippen molar-refractivity contribution >= 4 is 11.4 Å². The molecule has 1 fully saturated rings. The highest BCUT2D eigenvalue weighted by Gasteiger charge is 2.42. The largest absolute Gasteiger partial charge is 0.376 e. The maximum absolute atomic E-state index is 12.2. The summed E-state index contributed by atoms with van der Waals surface area (Å²) in [5, 5.41) is 0. The van der Waals surface area contributed by atoms with Crippen molar-refractivity contribution in [3.63, 3.8) is 0 Å². The fourth-order valence-corrected chi connectivity index (χ4v) is 2.71. The minimum absolute atomic E-state index is 0.0905. The molecular formula is C14H14O2. The second-order valence-corrected chi connectivity index (χ2v) is 4.54. The summed E-state index contributed by atoms with van der Waals surface area (Å²) in [6.45, 7) is 3.35. The van der Waals surface area contributed by atoms with Crippen LogP contribution in [0.4, 0.5) is 0 Å². The van der Waals surface area contributed by atoms with Gasteiger partial charge in [0.2, 0.25) is 0 Å². The lowest BCUT2D eigenvalue weighted by Crippen LogP contribution is -2.15. The Hall–Kier alpha value is -1.41. The Balaban J connectivity index is 2.12. The van der Waals surface area contributed by atoms with Gasteiger partial charge in [-0.1, -0.05) is 37.3 Å². The predicted molar refractivity (Wildman–Crippen MR) is 61.8 cm³/mol. The molecule has 1 aliphatic carbocycles. The number of ketones is 1. The Labute approximate surface area is 94.9 Å². The van der Waals surface area contributed by atoms with Crippen molar-refractivity contribution in [3.8, 4) is 0 Å². The molecule has 16 heavy (non-hydrogen) atoms. The number of fused-ring (bicyclic) bond motifs is 1. The maximum atomic E-state index is 12.2. The van der Waals surface area contributed by atoms with E-state index in [9.17, 15) is 4.79 Å². The summed E-state index contributed by atoms with van der Waals surface area (Å²) in [5.41, 5.74) is 3.17. The van der Waals surface area contributed by atoms with Crippen LogP contribution in [0.2, 0.25) is 0 Å². The third kappa shape index (κ3) is 1.26. The number of rotatable bonds is 1. The number of Topliss-reactive ketones (excluding diaryl/α,β-unsaturated/α-hetero) is 1. The first-order valence-corrected chi connectivity index (χ1v) is 5.69. The van der Waals surface area contributed by atoms with Gasteiger partial charge in [-0.15, -0.1) is 0 Å². The fraction of sp³-hybridized carbons (Fsp3) is 0.357. The number of hydrogen-bond donors (Lipinski definition) is 0. The summed E-state index contributed by atoms with van der Waals surface area (Å²) in [6, 6.07) is 9.94. The molecule has 2 aliphatic rings. The van der Waals surface area contributed by atoms with Crippen LogP contribution in [0.25, 0.3) is 5.57 Å². The number of benzene rings is 1. The van der Waals surface area contributed by atoms with E-state index in [2.05, 4.69) is 0 Å². The van der Waals surface area contributed by atoms with Gasteiger partial charge in [-0.05, 0) is 11.1 Å². The number of carbonyl (C=O) groups excluding carboxylic acids is 1. The van der Waals surface area contributed by atoms with E-state index in [1.807, 2.05) is 37.3 Å². The molecule has 1 aromatic carbocycles. The average molecular weight is 214 g/mol. The second-order valence-electron chi connectivity index (χ2n) is 4.54. The highest BCUT2D eigenvalue weighted by atomic mass is 16.5. The number of ether oxygens (including phenoxy) is 1. The molecule has 2 heteroatoms. The zero-order valence-electron chi connectivity index (χ0n) is 9.27. The zero-order valence-corrected chi connectivity index (χ0v) is 9.27. The molecule has 3 rings (SSSR count). The highest BCUT2D eigenvalue weighted by molar-refractivity contribution is 6.25. The predicted octanol–water partition coefficient (Wildman–Crippen LogP) is 2.31. The molecular weight excluding hydrogens is 200 g/mol. The second kappa shape index (κ2) is 3.56. The van der Waals surface area contributed by atoms with Crippen LogP contribution < -0.4 is 0 Å². The van der Waals surface area contributed by atoms with Gasteiger partial charge < -0.3 is 4.74 Å². The first-order valence-electron chi connectivity index (χ1n) is 5.69. The molecule has 0 radical (unpaired) electrons. The first kappa shape index (κ1) is 9.79. The van der Waals surface area contributed by atoms with Crippen LogP contribution in [0.15, 0.2) is 35.9 Å². The molecule has 2 nitrogen and oxygen atoms in total. The minimum atomic E-state index is 0.0905. The van der Waals surface area contributed by atoms with Gasteiger partial charge in [0.25, 0.3) is 0 Å². The monoisotopic (exact) mass is 214 g/mol. The molecule has 2 atom stereocenters. The summed E-state index contributed by atoms with van der Waals surface area (Å²) in [7, 11) is 0. The van der Waals surface area contributed by atoms with E-state index in [0.717, 1.165) is 11.1 Å². The number of hydrogen-bond acceptors (Lipinski definition) is 2. The normalized spacial score (nSPS) is 28.7. The summed E-state index contributed by atoms with van der Waals surface area (Å²) < 4.78 is 5.47. The van der Waals surface area contributed by atoms with E-state index in [1.165, 1.54) is 5.57 Å². The molecule has 1 aromatic rings. The Bertz CT molecular complexity index is 459. The fourth-order valence-electron chi connectivity index (χ4n) is 2.71. The molecule has 0 aromatic heterocycles. The molecule has 1 aliphatic heterocycles. The molecule has 82 valence electrons. The summed E-state index contributed by atoms with van der Waals surface area (Å²) in [5.74, 6) is 0.699.